The molecule has 1 aliphatic rings. The van der Waals surface area contributed by atoms with Gasteiger partial charge in [0.1, 0.15) is 5.52 Å². The zero-order valence-electron chi connectivity index (χ0n) is 14.0. The Kier molecular flexibility index (Phi) is 3.45. The highest BCUT2D eigenvalue weighted by atomic mass is 31.2. The van der Waals surface area contributed by atoms with Crippen LogP contribution in [0.5, 0.6) is 0 Å². The Morgan fingerprint density at radius 2 is 1.59 bits per heavy atom. The molecule has 5 rings (SSSR count). The summed E-state index contributed by atoms with van der Waals surface area (Å²) in [5.41, 5.74) is 1.66. The fourth-order valence-electron chi connectivity index (χ4n) is 3.34. The van der Waals surface area contributed by atoms with Crippen LogP contribution in [0.25, 0.3) is 11.0 Å². The van der Waals surface area contributed by atoms with Gasteiger partial charge >= 0.3 is 12.9 Å². The van der Waals surface area contributed by atoms with Crippen LogP contribution in [-0.4, -0.2) is 20.1 Å². The quantitative estimate of drug-likeness (QED) is 0.492. The SMILES string of the molecule is O=c1c2ncccc2nnn1OP1(=O)c2ccccc2Cc2ccccc21. The molecule has 2 aromatic carbocycles. The van der Waals surface area contributed by atoms with Crippen LogP contribution in [0, 0.1) is 0 Å². The van der Waals surface area contributed by atoms with Crippen molar-refractivity contribution in [2.45, 2.75) is 6.42 Å². The minimum Gasteiger partial charge on any atom is -0.326 e. The maximum absolute atomic E-state index is 14.1. The van der Waals surface area contributed by atoms with Crippen LogP contribution in [0.1, 0.15) is 11.1 Å². The Hall–Kier alpha value is -3.31. The van der Waals surface area contributed by atoms with Gasteiger partial charge in [0.25, 0.3) is 0 Å². The number of aromatic nitrogens is 4. The van der Waals surface area contributed by atoms with Crippen LogP contribution in [0.2, 0.25) is 0 Å². The molecule has 0 N–H and O–H groups in total. The molecule has 1 aliphatic heterocycles. The molecular formula is C19H13N4O3P. The van der Waals surface area contributed by atoms with Crippen molar-refractivity contribution >= 4 is 29.0 Å². The van der Waals surface area contributed by atoms with Crippen molar-refractivity contribution in [1.82, 2.24) is 20.1 Å². The molecule has 0 saturated heterocycles. The van der Waals surface area contributed by atoms with Crippen LogP contribution in [-0.2, 0) is 11.0 Å². The smallest absolute Gasteiger partial charge is 0.326 e. The zero-order chi connectivity index (χ0) is 18.4. The third-order valence-electron chi connectivity index (χ3n) is 4.59. The molecular weight excluding hydrogens is 363 g/mol. The average molecular weight is 376 g/mol. The lowest BCUT2D eigenvalue weighted by Gasteiger charge is -2.27. The first-order valence-electron chi connectivity index (χ1n) is 8.35. The summed E-state index contributed by atoms with van der Waals surface area (Å²) in [4.78, 5) is 17.4. The van der Waals surface area contributed by atoms with E-state index >= 15 is 0 Å². The molecule has 0 aliphatic carbocycles. The van der Waals surface area contributed by atoms with Gasteiger partial charge in [-0.05, 0) is 51.9 Å². The Morgan fingerprint density at radius 1 is 0.926 bits per heavy atom. The van der Waals surface area contributed by atoms with Crippen molar-refractivity contribution in [3.05, 3.63) is 88.3 Å². The molecule has 0 radical (unpaired) electrons. The standard InChI is InChI=1S/C19H13N4O3P/c24-19-18-15(8-5-11-20-18)21-22-23(19)26-27(25)16-9-3-1-6-13(16)12-14-7-2-4-10-17(14)27/h1-11H,12H2. The summed E-state index contributed by atoms with van der Waals surface area (Å²) in [6, 6.07) is 18.1. The highest BCUT2D eigenvalue weighted by Crippen LogP contribution is 2.46. The second kappa shape index (κ2) is 5.86. The molecule has 7 nitrogen and oxygen atoms in total. The third-order valence-corrected chi connectivity index (χ3v) is 7.11. The van der Waals surface area contributed by atoms with E-state index in [0.717, 1.165) is 11.1 Å². The summed E-state index contributed by atoms with van der Waals surface area (Å²) < 4.78 is 19.8. The van der Waals surface area contributed by atoms with Crippen molar-refractivity contribution in [2.75, 3.05) is 0 Å². The van der Waals surface area contributed by atoms with Crippen molar-refractivity contribution in [3.8, 4) is 0 Å². The number of rotatable bonds is 2. The van der Waals surface area contributed by atoms with Crippen LogP contribution in [0.3, 0.4) is 0 Å². The van der Waals surface area contributed by atoms with Crippen molar-refractivity contribution in [1.29, 1.82) is 0 Å². The highest BCUT2D eigenvalue weighted by Gasteiger charge is 2.39. The van der Waals surface area contributed by atoms with E-state index in [2.05, 4.69) is 15.3 Å². The van der Waals surface area contributed by atoms with E-state index in [1.807, 2.05) is 24.3 Å². The summed E-state index contributed by atoms with van der Waals surface area (Å²) in [6.45, 7) is 0. The monoisotopic (exact) mass is 376 g/mol. The zero-order valence-corrected chi connectivity index (χ0v) is 14.9. The lowest BCUT2D eigenvalue weighted by molar-refractivity contribution is 0.218. The molecule has 0 fully saturated rings. The van der Waals surface area contributed by atoms with Crippen LogP contribution in [0.4, 0.5) is 0 Å². The minimum absolute atomic E-state index is 0.109. The summed E-state index contributed by atoms with van der Waals surface area (Å²) in [6.07, 6.45) is 2.14. The fourth-order valence-corrected chi connectivity index (χ4v) is 5.73. The van der Waals surface area contributed by atoms with Gasteiger partial charge in [-0.15, -0.1) is 5.10 Å². The lowest BCUT2D eigenvalue weighted by atomic mass is 10.0. The molecule has 0 unspecified atom stereocenters. The first-order chi connectivity index (χ1) is 13.2. The molecule has 0 amide bonds. The lowest BCUT2D eigenvalue weighted by Crippen LogP contribution is -2.38. The van der Waals surface area contributed by atoms with Gasteiger partial charge in [-0.3, -0.25) is 9.36 Å². The van der Waals surface area contributed by atoms with Gasteiger partial charge < -0.3 is 4.62 Å². The van der Waals surface area contributed by atoms with Gasteiger partial charge in [0, 0.05) is 6.20 Å². The maximum Gasteiger partial charge on any atom is 0.332 e. The van der Waals surface area contributed by atoms with Gasteiger partial charge in [-0.1, -0.05) is 36.4 Å². The Morgan fingerprint density at radius 3 is 2.30 bits per heavy atom. The van der Waals surface area contributed by atoms with Gasteiger partial charge in [0.05, 0.1) is 10.6 Å². The first-order valence-corrected chi connectivity index (χ1v) is 9.97. The fraction of sp³-hybridized carbons (Fsp3) is 0.0526. The van der Waals surface area contributed by atoms with E-state index in [0.29, 0.717) is 27.4 Å². The topological polar surface area (TPSA) is 87.0 Å². The summed E-state index contributed by atoms with van der Waals surface area (Å²) in [5.74, 6) is 0. The highest BCUT2D eigenvalue weighted by molar-refractivity contribution is 7.74. The van der Waals surface area contributed by atoms with Gasteiger partial charge in [-0.25, -0.2) is 4.98 Å². The second-order valence-corrected chi connectivity index (χ2v) is 8.44. The van der Waals surface area contributed by atoms with Gasteiger partial charge in [0.2, 0.25) is 0 Å². The molecule has 27 heavy (non-hydrogen) atoms. The molecule has 8 heteroatoms. The molecule has 2 aromatic heterocycles. The van der Waals surface area contributed by atoms with Gasteiger partial charge in [-0.2, -0.15) is 0 Å². The van der Waals surface area contributed by atoms with Crippen molar-refractivity contribution in [3.63, 3.8) is 0 Å². The number of benzene rings is 2. The summed E-state index contributed by atoms with van der Waals surface area (Å²) in [5, 5.41) is 8.90. The second-order valence-electron chi connectivity index (χ2n) is 6.21. The van der Waals surface area contributed by atoms with Crippen LogP contribution >= 0.6 is 7.37 Å². The number of fused-ring (bicyclic) bond motifs is 3. The Labute approximate surface area is 153 Å². The predicted molar refractivity (Wildman–Crippen MR) is 101 cm³/mol. The summed E-state index contributed by atoms with van der Waals surface area (Å²) in [7, 11) is -3.59. The predicted octanol–water partition coefficient (Wildman–Crippen LogP) is 1.45. The Balaban J connectivity index is 1.73. The van der Waals surface area contributed by atoms with E-state index in [-0.39, 0.29) is 5.52 Å². The molecule has 0 spiro atoms. The minimum atomic E-state index is -3.59. The third kappa shape index (κ3) is 2.39. The average Bonchev–Trinajstić information content (AvgIpc) is 2.71. The summed E-state index contributed by atoms with van der Waals surface area (Å²) >= 11 is 0. The van der Waals surface area contributed by atoms with Gasteiger partial charge in [0.15, 0.2) is 5.52 Å². The van der Waals surface area contributed by atoms with Crippen LogP contribution < -0.4 is 20.8 Å². The van der Waals surface area contributed by atoms with Crippen molar-refractivity contribution in [2.24, 2.45) is 0 Å². The van der Waals surface area contributed by atoms with E-state index in [4.69, 9.17) is 4.62 Å². The number of pyridine rings is 1. The Bertz CT molecular complexity index is 1250. The number of nitrogens with zero attached hydrogens (tertiary/aromatic N) is 4. The molecule has 4 aromatic rings. The number of hydrogen-bond donors (Lipinski definition) is 0. The van der Waals surface area contributed by atoms with Crippen molar-refractivity contribution < 1.29 is 9.19 Å². The van der Waals surface area contributed by atoms with E-state index in [1.54, 1.807) is 36.4 Å². The van der Waals surface area contributed by atoms with Crippen LogP contribution in [0.15, 0.2) is 71.7 Å². The maximum atomic E-state index is 14.1. The molecule has 0 atom stereocenters. The van der Waals surface area contributed by atoms with E-state index in [1.165, 1.54) is 6.20 Å². The molecule has 0 bridgehead atoms. The number of hydrogen-bond acceptors (Lipinski definition) is 6. The molecule has 3 heterocycles. The largest absolute Gasteiger partial charge is 0.332 e. The first kappa shape index (κ1) is 15.9. The normalized spacial score (nSPS) is 14.4. The molecule has 0 saturated carbocycles. The van der Waals surface area contributed by atoms with E-state index in [9.17, 15) is 9.36 Å². The van der Waals surface area contributed by atoms with E-state index < -0.39 is 12.9 Å². The molecule has 132 valence electrons.